The van der Waals surface area contributed by atoms with Crippen molar-refractivity contribution in [3.63, 3.8) is 0 Å². The van der Waals surface area contributed by atoms with E-state index in [2.05, 4.69) is 25.4 Å². The van der Waals surface area contributed by atoms with Gasteiger partial charge in [-0.3, -0.25) is 0 Å². The fourth-order valence-corrected chi connectivity index (χ4v) is 4.45. The van der Waals surface area contributed by atoms with Crippen molar-refractivity contribution in [3.8, 4) is 0 Å². The lowest BCUT2D eigenvalue weighted by Gasteiger charge is -2.29. The topological polar surface area (TPSA) is 35.0 Å². The van der Waals surface area contributed by atoms with E-state index < -0.39 is 0 Å². The first kappa shape index (κ1) is 17.9. The van der Waals surface area contributed by atoms with Gasteiger partial charge in [-0.05, 0) is 75.7 Å². The number of allylic oxidation sites excluding steroid dienone is 1. The molecule has 0 atom stereocenters. The van der Waals surface area contributed by atoms with E-state index in [1.165, 1.54) is 56.9 Å². The summed E-state index contributed by atoms with van der Waals surface area (Å²) in [4.78, 5) is 9.43. The molecule has 4 heteroatoms. The summed E-state index contributed by atoms with van der Waals surface area (Å²) in [5, 5.41) is 0. The molecular formula is C20H29ClN2O. The van der Waals surface area contributed by atoms with Crippen LogP contribution in [0, 0.1) is 5.92 Å². The molecule has 0 aliphatic heterocycles. The van der Waals surface area contributed by atoms with Crippen molar-refractivity contribution in [3.05, 3.63) is 35.4 Å². The van der Waals surface area contributed by atoms with Crippen molar-refractivity contribution in [1.82, 2.24) is 9.97 Å². The first-order valence-electron chi connectivity index (χ1n) is 9.50. The van der Waals surface area contributed by atoms with Crippen LogP contribution in [0.3, 0.4) is 0 Å². The predicted molar refractivity (Wildman–Crippen MR) is 98.3 cm³/mol. The Morgan fingerprint density at radius 2 is 1.62 bits per heavy atom. The van der Waals surface area contributed by atoms with Crippen LogP contribution in [-0.2, 0) is 4.74 Å². The van der Waals surface area contributed by atoms with E-state index in [1.807, 2.05) is 0 Å². The van der Waals surface area contributed by atoms with Crippen LogP contribution in [0.5, 0.6) is 0 Å². The van der Waals surface area contributed by atoms with Crippen molar-refractivity contribution in [2.75, 3.05) is 6.61 Å². The molecule has 3 rings (SSSR count). The van der Waals surface area contributed by atoms with Gasteiger partial charge in [0.15, 0.2) is 0 Å². The molecule has 0 amide bonds. The molecule has 0 N–H and O–H groups in total. The highest BCUT2D eigenvalue weighted by Crippen LogP contribution is 2.36. The van der Waals surface area contributed by atoms with Gasteiger partial charge < -0.3 is 4.74 Å². The predicted octanol–water partition coefficient (Wildman–Crippen LogP) is 5.57. The van der Waals surface area contributed by atoms with Crippen LogP contribution in [-0.4, -0.2) is 22.7 Å². The minimum Gasteiger partial charge on any atom is -0.379 e. The quantitative estimate of drug-likeness (QED) is 0.698. The Morgan fingerprint density at radius 3 is 2.21 bits per heavy atom. The maximum atomic E-state index is 5.75. The third-order valence-electron chi connectivity index (χ3n) is 5.72. The summed E-state index contributed by atoms with van der Waals surface area (Å²) in [5.41, 5.74) is 2.98. The van der Waals surface area contributed by atoms with Crippen LogP contribution < -0.4 is 0 Å². The van der Waals surface area contributed by atoms with Crippen LogP contribution in [0.15, 0.2) is 24.0 Å². The standard InChI is InChI=1S/C20H29ClN2O/c1-2-24-19-9-7-16(8-10-19)18-13-22-20(23-14-18)17-5-3-15(4-6-17)11-12-21/h11-17,19H,2-10H2,1H3. The number of hydrogen-bond acceptors (Lipinski definition) is 3. The smallest absolute Gasteiger partial charge is 0.131 e. The number of aromatic nitrogens is 2. The van der Waals surface area contributed by atoms with E-state index in [0.717, 1.165) is 12.4 Å². The molecule has 2 aliphatic carbocycles. The van der Waals surface area contributed by atoms with E-state index in [0.29, 0.717) is 23.9 Å². The van der Waals surface area contributed by atoms with E-state index in [4.69, 9.17) is 26.3 Å². The lowest BCUT2D eigenvalue weighted by atomic mass is 9.81. The molecule has 0 saturated heterocycles. The highest BCUT2D eigenvalue weighted by atomic mass is 35.5. The van der Waals surface area contributed by atoms with Crippen molar-refractivity contribution in [2.24, 2.45) is 5.92 Å². The van der Waals surface area contributed by atoms with Crippen molar-refractivity contribution < 1.29 is 4.74 Å². The molecule has 24 heavy (non-hydrogen) atoms. The highest BCUT2D eigenvalue weighted by Gasteiger charge is 2.25. The molecule has 0 spiro atoms. The average Bonchev–Trinajstić information content (AvgIpc) is 2.64. The normalized spacial score (nSPS) is 31.4. The second kappa shape index (κ2) is 8.96. The molecule has 0 aromatic carbocycles. The number of nitrogens with zero attached hydrogens (tertiary/aromatic N) is 2. The molecule has 2 fully saturated rings. The maximum absolute atomic E-state index is 5.75. The second-order valence-electron chi connectivity index (χ2n) is 7.23. The summed E-state index contributed by atoms with van der Waals surface area (Å²) >= 11 is 5.69. The van der Waals surface area contributed by atoms with Gasteiger partial charge in [0.25, 0.3) is 0 Å². The monoisotopic (exact) mass is 348 g/mol. The van der Waals surface area contributed by atoms with Crippen molar-refractivity contribution in [1.29, 1.82) is 0 Å². The first-order valence-corrected chi connectivity index (χ1v) is 9.94. The van der Waals surface area contributed by atoms with Gasteiger partial charge in [0.2, 0.25) is 0 Å². The molecule has 132 valence electrons. The minimum absolute atomic E-state index is 0.462. The zero-order valence-electron chi connectivity index (χ0n) is 14.7. The SMILES string of the molecule is CCOC1CCC(c2cnc(C3CCC(C=CCl)CC3)nc2)CC1. The van der Waals surface area contributed by atoms with Crippen LogP contribution >= 0.6 is 11.6 Å². The first-order chi connectivity index (χ1) is 11.8. The van der Waals surface area contributed by atoms with Crippen molar-refractivity contribution >= 4 is 11.6 Å². The van der Waals surface area contributed by atoms with Crippen LogP contribution in [0.1, 0.15) is 81.5 Å². The van der Waals surface area contributed by atoms with Crippen molar-refractivity contribution in [2.45, 2.75) is 76.2 Å². The summed E-state index contributed by atoms with van der Waals surface area (Å²) in [6, 6.07) is 0. The Balaban J connectivity index is 1.53. The number of halogens is 1. The van der Waals surface area contributed by atoms with Crippen LogP contribution in [0.25, 0.3) is 0 Å². The zero-order chi connectivity index (χ0) is 16.8. The fraction of sp³-hybridized carbons (Fsp3) is 0.700. The molecule has 3 nitrogen and oxygen atoms in total. The van der Waals surface area contributed by atoms with E-state index in [9.17, 15) is 0 Å². The van der Waals surface area contributed by atoms with Crippen LogP contribution in [0.2, 0.25) is 0 Å². The fourth-order valence-electron chi connectivity index (χ4n) is 4.24. The molecule has 2 saturated carbocycles. The zero-order valence-corrected chi connectivity index (χ0v) is 15.4. The Hall–Kier alpha value is -0.930. The summed E-state index contributed by atoms with van der Waals surface area (Å²) in [6.45, 7) is 2.91. The maximum Gasteiger partial charge on any atom is 0.131 e. The Labute approximate surface area is 150 Å². The largest absolute Gasteiger partial charge is 0.379 e. The van der Waals surface area contributed by atoms with E-state index >= 15 is 0 Å². The minimum atomic E-state index is 0.462. The van der Waals surface area contributed by atoms with E-state index in [-0.39, 0.29) is 0 Å². The molecule has 1 aromatic heterocycles. The molecule has 2 aliphatic rings. The van der Waals surface area contributed by atoms with Gasteiger partial charge in [-0.25, -0.2) is 9.97 Å². The number of ether oxygens (including phenoxy) is 1. The molecule has 0 bridgehead atoms. The molecular weight excluding hydrogens is 320 g/mol. The highest BCUT2D eigenvalue weighted by molar-refractivity contribution is 6.25. The molecule has 0 radical (unpaired) electrons. The summed E-state index contributed by atoms with van der Waals surface area (Å²) in [7, 11) is 0. The van der Waals surface area contributed by atoms with Gasteiger partial charge in [-0.15, -0.1) is 0 Å². The average molecular weight is 349 g/mol. The Kier molecular flexibility index (Phi) is 6.67. The third kappa shape index (κ3) is 4.58. The number of hydrogen-bond donors (Lipinski definition) is 0. The van der Waals surface area contributed by atoms with Gasteiger partial charge >= 0.3 is 0 Å². The summed E-state index contributed by atoms with van der Waals surface area (Å²) in [5.74, 6) is 2.81. The Morgan fingerprint density at radius 1 is 1.00 bits per heavy atom. The van der Waals surface area contributed by atoms with Gasteiger partial charge in [-0.1, -0.05) is 17.7 Å². The van der Waals surface area contributed by atoms with Crippen LogP contribution in [0.4, 0.5) is 0 Å². The van der Waals surface area contributed by atoms with Gasteiger partial charge in [0.1, 0.15) is 5.82 Å². The summed E-state index contributed by atoms with van der Waals surface area (Å²) < 4.78 is 5.75. The molecule has 1 heterocycles. The number of rotatable bonds is 5. The van der Waals surface area contributed by atoms with Gasteiger partial charge in [-0.2, -0.15) is 0 Å². The lowest BCUT2D eigenvalue weighted by Crippen LogP contribution is -2.21. The van der Waals surface area contributed by atoms with E-state index in [1.54, 1.807) is 5.54 Å². The molecule has 1 aromatic rings. The lowest BCUT2D eigenvalue weighted by molar-refractivity contribution is 0.0327. The Bertz CT molecular complexity index is 515. The molecule has 0 unspecified atom stereocenters. The van der Waals surface area contributed by atoms with Gasteiger partial charge in [0, 0.05) is 30.5 Å². The second-order valence-corrected chi connectivity index (χ2v) is 7.49. The third-order valence-corrected chi connectivity index (χ3v) is 5.87. The summed E-state index contributed by atoms with van der Waals surface area (Å²) in [6.07, 6.45) is 16.2. The van der Waals surface area contributed by atoms with Gasteiger partial charge in [0.05, 0.1) is 6.10 Å².